The largest absolute Gasteiger partial charge is 0.494 e. The third kappa shape index (κ3) is 5.26. The molecule has 132 valence electrons. The molecule has 0 atom stereocenters. The van der Waals surface area contributed by atoms with Crippen LogP contribution >= 0.6 is 0 Å². The van der Waals surface area contributed by atoms with Crippen LogP contribution < -0.4 is 4.74 Å². The maximum Gasteiger partial charge on any atom is 0.416 e. The summed E-state index contributed by atoms with van der Waals surface area (Å²) in [6.45, 7) is 2.38. The highest BCUT2D eigenvalue weighted by molar-refractivity contribution is 5.88. The van der Waals surface area contributed by atoms with Crippen molar-refractivity contribution in [1.29, 1.82) is 0 Å². The van der Waals surface area contributed by atoms with E-state index in [4.69, 9.17) is 9.47 Å². The van der Waals surface area contributed by atoms with Crippen molar-refractivity contribution in [2.75, 3.05) is 33.4 Å². The van der Waals surface area contributed by atoms with E-state index in [1.807, 2.05) is 6.08 Å². The molecule has 1 aromatic carbocycles. The first-order valence-electron chi connectivity index (χ1n) is 7.70. The molecule has 1 heterocycles. The van der Waals surface area contributed by atoms with Crippen LogP contribution in [0.3, 0.4) is 0 Å². The van der Waals surface area contributed by atoms with E-state index >= 15 is 0 Å². The molecule has 0 aromatic heterocycles. The van der Waals surface area contributed by atoms with Crippen molar-refractivity contribution in [3.8, 4) is 5.75 Å². The van der Waals surface area contributed by atoms with Gasteiger partial charge in [-0.2, -0.15) is 13.2 Å². The number of nitrogens with zero attached hydrogens (tertiary/aromatic N) is 1. The highest BCUT2D eigenvalue weighted by Crippen LogP contribution is 2.31. The first-order valence-corrected chi connectivity index (χ1v) is 7.70. The van der Waals surface area contributed by atoms with Crippen molar-refractivity contribution in [3.63, 3.8) is 0 Å². The molecule has 2 rings (SSSR count). The number of hydrogen-bond donors (Lipinski definition) is 0. The van der Waals surface area contributed by atoms with Crippen molar-refractivity contribution in [3.05, 3.63) is 41.5 Å². The third-order valence-corrected chi connectivity index (χ3v) is 3.73. The fraction of sp³-hybridized carbons (Fsp3) is 0.471. The maximum absolute atomic E-state index is 12.6. The Morgan fingerprint density at radius 2 is 2.12 bits per heavy atom. The van der Waals surface area contributed by atoms with Crippen LogP contribution in [0, 0.1) is 0 Å². The SMILES string of the molecule is COC(=O)C1=CCCN(CCCOc2cccc(C(F)(F)F)c2)C1. The normalized spacial score (nSPS) is 15.8. The fourth-order valence-electron chi connectivity index (χ4n) is 2.52. The number of benzene rings is 1. The van der Waals surface area contributed by atoms with E-state index in [0.29, 0.717) is 31.7 Å². The van der Waals surface area contributed by atoms with Gasteiger partial charge in [-0.15, -0.1) is 0 Å². The Labute approximate surface area is 138 Å². The van der Waals surface area contributed by atoms with Gasteiger partial charge < -0.3 is 9.47 Å². The molecule has 7 heteroatoms. The molecule has 0 bridgehead atoms. The summed E-state index contributed by atoms with van der Waals surface area (Å²) in [6.07, 6.45) is -1.06. The molecule has 1 aliphatic rings. The van der Waals surface area contributed by atoms with Gasteiger partial charge in [0.1, 0.15) is 5.75 Å². The van der Waals surface area contributed by atoms with Crippen LogP contribution in [0.1, 0.15) is 18.4 Å². The molecule has 0 radical (unpaired) electrons. The van der Waals surface area contributed by atoms with Crippen molar-refractivity contribution in [2.45, 2.75) is 19.0 Å². The number of ether oxygens (including phenoxy) is 2. The Balaban J connectivity index is 1.76. The van der Waals surface area contributed by atoms with Gasteiger partial charge in [0.25, 0.3) is 0 Å². The van der Waals surface area contributed by atoms with Gasteiger partial charge in [0.05, 0.1) is 19.3 Å². The van der Waals surface area contributed by atoms with Gasteiger partial charge in [0.2, 0.25) is 0 Å². The number of rotatable bonds is 6. The van der Waals surface area contributed by atoms with Crippen molar-refractivity contribution in [2.24, 2.45) is 0 Å². The van der Waals surface area contributed by atoms with Gasteiger partial charge in [-0.25, -0.2) is 4.79 Å². The van der Waals surface area contributed by atoms with Gasteiger partial charge in [-0.1, -0.05) is 12.1 Å². The lowest BCUT2D eigenvalue weighted by atomic mass is 10.1. The van der Waals surface area contributed by atoms with Crippen LogP contribution in [0.15, 0.2) is 35.9 Å². The summed E-state index contributed by atoms with van der Waals surface area (Å²) in [5.74, 6) is -0.112. The van der Waals surface area contributed by atoms with Crippen molar-refractivity contribution < 1.29 is 27.4 Å². The predicted octanol–water partition coefficient (Wildman–Crippen LogP) is 3.28. The van der Waals surface area contributed by atoms with E-state index in [0.717, 1.165) is 25.1 Å². The molecule has 4 nitrogen and oxygen atoms in total. The van der Waals surface area contributed by atoms with E-state index in [9.17, 15) is 18.0 Å². The second kappa shape index (κ2) is 8.19. The van der Waals surface area contributed by atoms with Gasteiger partial charge >= 0.3 is 12.1 Å². The Bertz CT molecular complexity index is 599. The first-order chi connectivity index (χ1) is 11.4. The summed E-state index contributed by atoms with van der Waals surface area (Å²) in [6, 6.07) is 4.85. The molecule has 0 amide bonds. The minimum Gasteiger partial charge on any atom is -0.494 e. The predicted molar refractivity (Wildman–Crippen MR) is 82.7 cm³/mol. The van der Waals surface area contributed by atoms with E-state index < -0.39 is 11.7 Å². The molecular formula is C17H20F3NO3. The zero-order valence-electron chi connectivity index (χ0n) is 13.4. The molecule has 1 aliphatic heterocycles. The maximum atomic E-state index is 12.6. The molecule has 0 fully saturated rings. The van der Waals surface area contributed by atoms with E-state index in [2.05, 4.69) is 4.90 Å². The van der Waals surface area contributed by atoms with Crippen LogP contribution in [0.25, 0.3) is 0 Å². The molecule has 24 heavy (non-hydrogen) atoms. The fourth-order valence-corrected chi connectivity index (χ4v) is 2.52. The lowest BCUT2D eigenvalue weighted by Gasteiger charge is -2.26. The van der Waals surface area contributed by atoms with Gasteiger partial charge in [-0.05, 0) is 31.0 Å². The molecule has 0 aliphatic carbocycles. The zero-order valence-corrected chi connectivity index (χ0v) is 13.4. The first kappa shape index (κ1) is 18.3. The van der Waals surface area contributed by atoms with Crippen molar-refractivity contribution in [1.82, 2.24) is 4.90 Å². The summed E-state index contributed by atoms with van der Waals surface area (Å²) < 4.78 is 48.0. The van der Waals surface area contributed by atoms with Crippen LogP contribution in [0.4, 0.5) is 13.2 Å². The second-order valence-corrected chi connectivity index (χ2v) is 5.51. The number of halogens is 3. The lowest BCUT2D eigenvalue weighted by Crippen LogP contribution is -2.34. The number of hydrogen-bond acceptors (Lipinski definition) is 4. The Morgan fingerprint density at radius 1 is 1.33 bits per heavy atom. The monoisotopic (exact) mass is 343 g/mol. The number of carbonyl (C=O) groups is 1. The number of methoxy groups -OCH3 is 1. The summed E-state index contributed by atoms with van der Waals surface area (Å²) in [7, 11) is 1.35. The molecule has 0 unspecified atom stereocenters. The van der Waals surface area contributed by atoms with Gasteiger partial charge in [-0.3, -0.25) is 4.90 Å². The van der Waals surface area contributed by atoms with Crippen LogP contribution in [0.5, 0.6) is 5.75 Å². The molecule has 0 saturated heterocycles. The standard InChI is InChI=1S/C17H20F3NO3/c1-23-16(22)13-5-3-8-21(12-13)9-4-10-24-15-7-2-6-14(11-15)17(18,19)20/h2,5-7,11H,3-4,8-10,12H2,1H3. The topological polar surface area (TPSA) is 38.8 Å². The van der Waals surface area contributed by atoms with E-state index in [1.165, 1.54) is 19.2 Å². The highest BCUT2D eigenvalue weighted by atomic mass is 19.4. The Kier molecular flexibility index (Phi) is 6.25. The van der Waals surface area contributed by atoms with E-state index in [-0.39, 0.29) is 11.7 Å². The van der Waals surface area contributed by atoms with Crippen LogP contribution in [-0.2, 0) is 15.7 Å². The lowest BCUT2D eigenvalue weighted by molar-refractivity contribution is -0.138. The number of esters is 1. The zero-order chi connectivity index (χ0) is 17.6. The summed E-state index contributed by atoms with van der Waals surface area (Å²) in [5, 5.41) is 0. The minimum atomic E-state index is -4.37. The summed E-state index contributed by atoms with van der Waals surface area (Å²) in [4.78, 5) is 13.6. The molecule has 0 N–H and O–H groups in total. The average molecular weight is 343 g/mol. The second-order valence-electron chi connectivity index (χ2n) is 5.51. The Hall–Kier alpha value is -2.02. The average Bonchev–Trinajstić information content (AvgIpc) is 2.58. The van der Waals surface area contributed by atoms with E-state index in [1.54, 1.807) is 0 Å². The van der Waals surface area contributed by atoms with Crippen LogP contribution in [-0.4, -0.2) is 44.2 Å². The minimum absolute atomic E-state index is 0.207. The molecule has 0 spiro atoms. The van der Waals surface area contributed by atoms with Gasteiger partial charge in [0.15, 0.2) is 0 Å². The summed E-state index contributed by atoms with van der Waals surface area (Å²) >= 11 is 0. The number of alkyl halides is 3. The molecule has 0 saturated carbocycles. The molecule has 1 aromatic rings. The quantitative estimate of drug-likeness (QED) is 0.587. The number of carbonyl (C=O) groups excluding carboxylic acids is 1. The smallest absolute Gasteiger partial charge is 0.416 e. The molecular weight excluding hydrogens is 323 g/mol. The third-order valence-electron chi connectivity index (χ3n) is 3.73. The Morgan fingerprint density at radius 3 is 2.83 bits per heavy atom. The van der Waals surface area contributed by atoms with Crippen LogP contribution in [0.2, 0.25) is 0 Å². The van der Waals surface area contributed by atoms with Gasteiger partial charge in [0, 0.05) is 25.2 Å². The van der Waals surface area contributed by atoms with Crippen molar-refractivity contribution >= 4 is 5.97 Å². The highest BCUT2D eigenvalue weighted by Gasteiger charge is 2.30. The summed E-state index contributed by atoms with van der Waals surface area (Å²) in [5.41, 5.74) is -0.0774.